The summed E-state index contributed by atoms with van der Waals surface area (Å²) in [7, 11) is 17.4. The summed E-state index contributed by atoms with van der Waals surface area (Å²) in [6, 6.07) is 9.39. The van der Waals surface area contributed by atoms with E-state index < -0.39 is 15.4 Å². The molecule has 0 bridgehead atoms. The van der Waals surface area contributed by atoms with Gasteiger partial charge < -0.3 is 0 Å². The Balaban J connectivity index is 2.97. The fourth-order valence-electron chi connectivity index (χ4n) is 0.597. The van der Waals surface area contributed by atoms with Crippen molar-refractivity contribution in [3.8, 4) is 0 Å². The summed E-state index contributed by atoms with van der Waals surface area (Å²) >= 11 is -3.20. The number of hydrogen-bond donors (Lipinski definition) is 0. The van der Waals surface area contributed by atoms with E-state index in [9.17, 15) is 0 Å². The van der Waals surface area contributed by atoms with Crippen molar-refractivity contribution in [2.24, 2.45) is 0 Å². The summed E-state index contributed by atoms with van der Waals surface area (Å²) in [6.07, 6.45) is 0. The van der Waals surface area contributed by atoms with E-state index in [1.807, 2.05) is 30.3 Å². The molecule has 0 spiro atoms. The van der Waals surface area contributed by atoms with Crippen molar-refractivity contribution < 1.29 is 0 Å². The monoisotopic (exact) mass is 303 g/mol. The fraction of sp³-hybridized carbons (Fsp3) is 0. The fourth-order valence-corrected chi connectivity index (χ4v) is 4.32. The molecule has 0 aliphatic carbocycles. The first-order valence-corrected chi connectivity index (χ1v) is 13.6. The molecule has 0 aliphatic rings. The molecule has 0 aliphatic heterocycles. The second-order valence-corrected chi connectivity index (χ2v) is 19.5. The van der Waals surface area contributed by atoms with Crippen LogP contribution in [0.15, 0.2) is 30.3 Å². The zero-order valence-electron chi connectivity index (χ0n) is 4.97. The SMILES string of the molecule is [Cl][Sb]([Cl])([Cl])[c]1ccccc1. The molecular formula is C6H5Cl3Sb. The molecule has 0 saturated carbocycles. The van der Waals surface area contributed by atoms with Crippen LogP contribution in [0.5, 0.6) is 0 Å². The van der Waals surface area contributed by atoms with Crippen molar-refractivity contribution in [3.63, 3.8) is 0 Å². The topological polar surface area (TPSA) is 0 Å². The van der Waals surface area contributed by atoms with E-state index in [0.717, 1.165) is 3.51 Å². The number of benzene rings is 1. The van der Waals surface area contributed by atoms with Gasteiger partial charge in [0.25, 0.3) is 0 Å². The third-order valence-corrected chi connectivity index (χ3v) is 7.50. The summed E-state index contributed by atoms with van der Waals surface area (Å²) in [5.74, 6) is 0. The summed E-state index contributed by atoms with van der Waals surface area (Å²) in [6.45, 7) is 0. The molecule has 0 amide bonds. The predicted molar refractivity (Wildman–Crippen MR) is 49.4 cm³/mol. The normalized spacial score (nSPS) is 11.5. The van der Waals surface area contributed by atoms with Gasteiger partial charge in [-0.15, -0.1) is 0 Å². The average Bonchev–Trinajstić information content (AvgIpc) is 1.88. The van der Waals surface area contributed by atoms with Crippen LogP contribution < -0.4 is 3.51 Å². The Kier molecular flexibility index (Phi) is 3.18. The Morgan fingerprint density at radius 2 is 1.40 bits per heavy atom. The first kappa shape index (κ1) is 9.00. The molecule has 0 heterocycles. The summed E-state index contributed by atoms with van der Waals surface area (Å²) in [5.41, 5.74) is 0. The van der Waals surface area contributed by atoms with Gasteiger partial charge in [0.15, 0.2) is 0 Å². The van der Waals surface area contributed by atoms with Crippen LogP contribution in [0.2, 0.25) is 0 Å². The maximum absolute atomic E-state index is 5.79. The van der Waals surface area contributed by atoms with Gasteiger partial charge in [-0.2, -0.15) is 0 Å². The Morgan fingerprint density at radius 3 is 1.70 bits per heavy atom. The van der Waals surface area contributed by atoms with Gasteiger partial charge in [0.1, 0.15) is 0 Å². The van der Waals surface area contributed by atoms with Crippen LogP contribution in [0, 0.1) is 0 Å². The molecule has 0 saturated heterocycles. The molecule has 0 N–H and O–H groups in total. The number of halogens is 3. The van der Waals surface area contributed by atoms with Crippen LogP contribution in [0.4, 0.5) is 0 Å². The van der Waals surface area contributed by atoms with Gasteiger partial charge >= 0.3 is 75.7 Å². The van der Waals surface area contributed by atoms with Crippen molar-refractivity contribution in [1.82, 2.24) is 0 Å². The third-order valence-electron chi connectivity index (χ3n) is 1.05. The first-order valence-electron chi connectivity index (χ1n) is 2.64. The summed E-state index contributed by atoms with van der Waals surface area (Å²) in [4.78, 5) is 0. The summed E-state index contributed by atoms with van der Waals surface area (Å²) < 4.78 is 0.894. The van der Waals surface area contributed by atoms with Gasteiger partial charge in [-0.05, 0) is 0 Å². The van der Waals surface area contributed by atoms with E-state index in [-0.39, 0.29) is 0 Å². The Labute approximate surface area is 75.1 Å². The summed E-state index contributed by atoms with van der Waals surface area (Å²) in [5, 5.41) is 0. The molecule has 55 valence electrons. The van der Waals surface area contributed by atoms with E-state index in [2.05, 4.69) is 0 Å². The van der Waals surface area contributed by atoms with Gasteiger partial charge in [0.05, 0.1) is 0 Å². The standard InChI is InChI=1S/C6H5.3ClH.Sb/c1-2-4-6-5-3-1;;;;/h1-5H;3*1H;/q;;;;+3/p-3. The minimum atomic E-state index is -3.20. The molecule has 0 fully saturated rings. The van der Waals surface area contributed by atoms with E-state index in [1.165, 1.54) is 0 Å². The molecule has 0 atom stereocenters. The zero-order chi connectivity index (χ0) is 7.61. The van der Waals surface area contributed by atoms with E-state index >= 15 is 0 Å². The number of rotatable bonds is 1. The second-order valence-electron chi connectivity index (χ2n) is 1.78. The van der Waals surface area contributed by atoms with Gasteiger partial charge in [-0.3, -0.25) is 0 Å². The van der Waals surface area contributed by atoms with Crippen molar-refractivity contribution >= 4 is 45.4 Å². The van der Waals surface area contributed by atoms with Gasteiger partial charge in [-0.1, -0.05) is 0 Å². The Morgan fingerprint density at radius 1 is 0.900 bits per heavy atom. The molecule has 1 aromatic carbocycles. The van der Waals surface area contributed by atoms with Gasteiger partial charge in [0.2, 0.25) is 0 Å². The second kappa shape index (κ2) is 3.54. The van der Waals surface area contributed by atoms with Crippen LogP contribution in [-0.4, -0.2) is 15.4 Å². The molecule has 1 radical (unpaired) electrons. The molecule has 1 rings (SSSR count). The average molecular weight is 305 g/mol. The first-order chi connectivity index (χ1) is 4.61. The van der Waals surface area contributed by atoms with Crippen molar-refractivity contribution in [2.45, 2.75) is 0 Å². The van der Waals surface area contributed by atoms with Gasteiger partial charge in [0, 0.05) is 0 Å². The van der Waals surface area contributed by atoms with Crippen LogP contribution in [0.3, 0.4) is 0 Å². The Bertz CT molecular complexity index is 204. The molecule has 0 unspecified atom stereocenters. The Hall–Kier alpha value is 0.908. The predicted octanol–water partition coefficient (Wildman–Crippen LogP) is 2.55. The van der Waals surface area contributed by atoms with E-state index in [1.54, 1.807) is 0 Å². The minimum absolute atomic E-state index is 0.894. The van der Waals surface area contributed by atoms with Crippen LogP contribution in [-0.2, 0) is 0 Å². The quantitative estimate of drug-likeness (QED) is 0.700. The van der Waals surface area contributed by atoms with Crippen molar-refractivity contribution in [2.75, 3.05) is 0 Å². The number of hydrogen-bond acceptors (Lipinski definition) is 0. The van der Waals surface area contributed by atoms with E-state index in [4.69, 9.17) is 26.5 Å². The third kappa shape index (κ3) is 2.51. The van der Waals surface area contributed by atoms with Crippen LogP contribution in [0.1, 0.15) is 0 Å². The molecule has 0 aromatic heterocycles. The van der Waals surface area contributed by atoms with Crippen LogP contribution in [0.25, 0.3) is 0 Å². The zero-order valence-corrected chi connectivity index (χ0v) is 9.79. The molecule has 0 nitrogen and oxygen atoms in total. The van der Waals surface area contributed by atoms with Crippen LogP contribution >= 0.6 is 26.5 Å². The van der Waals surface area contributed by atoms with Crippen molar-refractivity contribution in [1.29, 1.82) is 0 Å². The molecule has 10 heavy (non-hydrogen) atoms. The van der Waals surface area contributed by atoms with Crippen molar-refractivity contribution in [3.05, 3.63) is 30.3 Å². The van der Waals surface area contributed by atoms with Gasteiger partial charge in [-0.25, -0.2) is 0 Å². The molecule has 4 heteroatoms. The van der Waals surface area contributed by atoms with E-state index in [0.29, 0.717) is 0 Å². The molecule has 1 aromatic rings. The maximum atomic E-state index is 5.79. The molecular weight excluding hydrogens is 300 g/mol.